The summed E-state index contributed by atoms with van der Waals surface area (Å²) < 4.78 is 17.0. The first kappa shape index (κ1) is 18.0. The van der Waals surface area contributed by atoms with Crippen LogP contribution in [-0.2, 0) is 13.5 Å². The zero-order valence-corrected chi connectivity index (χ0v) is 16.4. The van der Waals surface area contributed by atoms with Gasteiger partial charge in [-0.2, -0.15) is 0 Å². The molecule has 2 atom stereocenters. The Balaban J connectivity index is 1.76. The minimum Gasteiger partial charge on any atom is -0.350 e. The number of amides is 2. The number of nitrogens with one attached hydrogen (secondary N) is 1. The van der Waals surface area contributed by atoms with Gasteiger partial charge in [0.1, 0.15) is 5.82 Å². The van der Waals surface area contributed by atoms with E-state index in [4.69, 9.17) is 0 Å². The number of rotatable bonds is 3. The third-order valence-electron chi connectivity index (χ3n) is 6.00. The van der Waals surface area contributed by atoms with Gasteiger partial charge in [-0.25, -0.2) is 9.18 Å². The van der Waals surface area contributed by atoms with Crippen LogP contribution in [-0.4, -0.2) is 59.2 Å². The van der Waals surface area contributed by atoms with Gasteiger partial charge in [0, 0.05) is 55.4 Å². The van der Waals surface area contributed by atoms with E-state index in [1.807, 2.05) is 27.0 Å². The lowest BCUT2D eigenvalue weighted by Crippen LogP contribution is -2.52. The SMILES string of the molecule is CCN(CC)C(=O)NC1C=C2c3c(F)ccc4c3c(cn4C)C[C@H]2N(C)C1. The Kier molecular flexibility index (Phi) is 4.46. The highest BCUT2D eigenvalue weighted by molar-refractivity contribution is 5.99. The molecular formula is C21H27FN4O. The van der Waals surface area contributed by atoms with Crippen LogP contribution in [0.1, 0.15) is 25.0 Å². The van der Waals surface area contributed by atoms with E-state index in [2.05, 4.69) is 34.1 Å². The molecule has 0 fully saturated rings. The van der Waals surface area contributed by atoms with E-state index in [9.17, 15) is 9.18 Å². The molecule has 27 heavy (non-hydrogen) atoms. The summed E-state index contributed by atoms with van der Waals surface area (Å²) in [6.45, 7) is 6.01. The summed E-state index contributed by atoms with van der Waals surface area (Å²) in [4.78, 5) is 16.5. The molecule has 2 aromatic rings. The van der Waals surface area contributed by atoms with Gasteiger partial charge in [0.15, 0.2) is 0 Å². The molecule has 144 valence electrons. The lowest BCUT2D eigenvalue weighted by molar-refractivity contribution is 0.193. The van der Waals surface area contributed by atoms with E-state index in [1.165, 1.54) is 5.56 Å². The van der Waals surface area contributed by atoms with Crippen molar-refractivity contribution in [2.24, 2.45) is 7.05 Å². The summed E-state index contributed by atoms with van der Waals surface area (Å²) in [6, 6.07) is 3.35. The van der Waals surface area contributed by atoms with E-state index >= 15 is 0 Å². The summed E-state index contributed by atoms with van der Waals surface area (Å²) in [6.07, 6.45) is 5.05. The predicted octanol–water partition coefficient (Wildman–Crippen LogP) is 2.99. The summed E-state index contributed by atoms with van der Waals surface area (Å²) >= 11 is 0. The van der Waals surface area contributed by atoms with Crippen molar-refractivity contribution in [2.75, 3.05) is 26.7 Å². The van der Waals surface area contributed by atoms with Gasteiger partial charge in [-0.1, -0.05) is 6.08 Å². The molecular weight excluding hydrogens is 343 g/mol. The highest BCUT2D eigenvalue weighted by Gasteiger charge is 2.36. The molecule has 2 aliphatic rings. The first-order valence-electron chi connectivity index (χ1n) is 9.68. The van der Waals surface area contributed by atoms with Gasteiger partial charge in [-0.05, 0) is 50.6 Å². The first-order chi connectivity index (χ1) is 12.9. The van der Waals surface area contributed by atoms with Crippen LogP contribution in [0.4, 0.5) is 9.18 Å². The number of urea groups is 1. The third kappa shape index (κ3) is 2.83. The lowest BCUT2D eigenvalue weighted by atomic mass is 9.81. The van der Waals surface area contributed by atoms with Crippen molar-refractivity contribution in [3.05, 3.63) is 41.3 Å². The van der Waals surface area contributed by atoms with Crippen LogP contribution in [0.2, 0.25) is 0 Å². The zero-order valence-electron chi connectivity index (χ0n) is 16.4. The maximum absolute atomic E-state index is 14.9. The van der Waals surface area contributed by atoms with Gasteiger partial charge in [0.25, 0.3) is 0 Å². The average molecular weight is 370 g/mol. The van der Waals surface area contributed by atoms with Crippen LogP contribution in [0.15, 0.2) is 24.4 Å². The quantitative estimate of drug-likeness (QED) is 0.902. The molecule has 0 saturated heterocycles. The van der Waals surface area contributed by atoms with Crippen LogP contribution in [0.25, 0.3) is 16.5 Å². The fourth-order valence-corrected chi connectivity index (χ4v) is 4.62. The molecule has 0 bridgehead atoms. The van der Waals surface area contributed by atoms with E-state index in [0.717, 1.165) is 29.4 Å². The predicted molar refractivity (Wildman–Crippen MR) is 106 cm³/mol. The summed E-state index contributed by atoms with van der Waals surface area (Å²) in [5.41, 5.74) is 3.95. The largest absolute Gasteiger partial charge is 0.350 e. The first-order valence-corrected chi connectivity index (χ1v) is 9.68. The molecule has 0 spiro atoms. The Labute approximate surface area is 159 Å². The maximum atomic E-state index is 14.9. The number of hydrogen-bond acceptors (Lipinski definition) is 2. The molecule has 1 N–H and O–H groups in total. The molecule has 2 amide bonds. The molecule has 6 heteroatoms. The van der Waals surface area contributed by atoms with Crippen LogP contribution in [0, 0.1) is 5.82 Å². The van der Waals surface area contributed by atoms with E-state index in [-0.39, 0.29) is 23.9 Å². The Morgan fingerprint density at radius 2 is 2.04 bits per heavy atom. The number of benzene rings is 1. The van der Waals surface area contributed by atoms with Gasteiger partial charge in [-0.3, -0.25) is 4.90 Å². The summed E-state index contributed by atoms with van der Waals surface area (Å²) in [5, 5.41) is 4.12. The summed E-state index contributed by atoms with van der Waals surface area (Å²) in [5.74, 6) is -0.185. The lowest BCUT2D eigenvalue weighted by Gasteiger charge is -2.40. The molecule has 1 unspecified atom stereocenters. The number of likely N-dealkylation sites (N-methyl/N-ethyl adjacent to an activating group) is 1. The van der Waals surface area contributed by atoms with Gasteiger partial charge in [-0.15, -0.1) is 0 Å². The number of fused-ring (bicyclic) bond motifs is 2. The molecule has 1 aromatic carbocycles. The van der Waals surface area contributed by atoms with Gasteiger partial charge < -0.3 is 14.8 Å². The van der Waals surface area contributed by atoms with Gasteiger partial charge >= 0.3 is 6.03 Å². The van der Waals surface area contributed by atoms with Crippen molar-refractivity contribution in [3.8, 4) is 0 Å². The molecule has 1 aromatic heterocycles. The van der Waals surface area contributed by atoms with E-state index < -0.39 is 0 Å². The number of aryl methyl sites for hydroxylation is 1. The number of carbonyl (C=O) groups is 1. The van der Waals surface area contributed by atoms with Gasteiger partial charge in [0.05, 0.1) is 6.04 Å². The number of aromatic nitrogens is 1. The Hall–Kier alpha value is -2.34. The Bertz CT molecular complexity index is 928. The van der Waals surface area contributed by atoms with Crippen molar-refractivity contribution in [2.45, 2.75) is 32.4 Å². The zero-order chi connectivity index (χ0) is 19.3. The summed E-state index contributed by atoms with van der Waals surface area (Å²) in [7, 11) is 4.06. The number of hydrogen-bond donors (Lipinski definition) is 1. The standard InChI is InChI=1S/C21H27FN4O/c1-5-26(6-2)21(27)23-14-10-15-18(25(4)12-14)9-13-11-24(3)17-8-7-16(22)20(15)19(13)17/h7-8,10-11,14,18H,5-6,9,12H2,1-4H3,(H,23,27)/t14?,18-/m1/s1. The molecule has 1 aliphatic carbocycles. The number of nitrogens with zero attached hydrogens (tertiary/aromatic N) is 3. The van der Waals surface area contributed by atoms with Crippen molar-refractivity contribution in [1.82, 2.24) is 19.7 Å². The van der Waals surface area contributed by atoms with E-state index in [1.54, 1.807) is 11.0 Å². The molecule has 0 saturated carbocycles. The second-order valence-corrected chi connectivity index (χ2v) is 7.59. The molecule has 2 heterocycles. The minimum atomic E-state index is -0.185. The van der Waals surface area contributed by atoms with Crippen molar-refractivity contribution in [3.63, 3.8) is 0 Å². The normalized spacial score (nSPS) is 21.7. The minimum absolute atomic E-state index is 0.0661. The topological polar surface area (TPSA) is 40.5 Å². The van der Waals surface area contributed by atoms with Crippen LogP contribution in [0.3, 0.4) is 0 Å². The smallest absolute Gasteiger partial charge is 0.317 e. The third-order valence-corrected chi connectivity index (χ3v) is 6.00. The number of halogens is 1. The van der Waals surface area contributed by atoms with Crippen LogP contribution < -0.4 is 5.32 Å². The Morgan fingerprint density at radius 1 is 1.30 bits per heavy atom. The Morgan fingerprint density at radius 3 is 2.74 bits per heavy atom. The monoisotopic (exact) mass is 370 g/mol. The van der Waals surface area contributed by atoms with Gasteiger partial charge in [0.2, 0.25) is 0 Å². The average Bonchev–Trinajstić information content (AvgIpc) is 2.95. The highest BCUT2D eigenvalue weighted by atomic mass is 19.1. The van der Waals surface area contributed by atoms with Crippen LogP contribution in [0.5, 0.6) is 0 Å². The molecule has 1 aliphatic heterocycles. The molecule has 5 nitrogen and oxygen atoms in total. The van der Waals surface area contributed by atoms with Crippen molar-refractivity contribution in [1.29, 1.82) is 0 Å². The van der Waals surface area contributed by atoms with Crippen molar-refractivity contribution >= 4 is 22.5 Å². The highest BCUT2D eigenvalue weighted by Crippen LogP contribution is 2.41. The van der Waals surface area contributed by atoms with Crippen LogP contribution >= 0.6 is 0 Å². The maximum Gasteiger partial charge on any atom is 0.317 e. The second kappa shape index (κ2) is 6.68. The molecule has 4 rings (SSSR count). The second-order valence-electron chi connectivity index (χ2n) is 7.59. The number of carbonyl (C=O) groups excluding carboxylic acids is 1. The molecule has 0 radical (unpaired) electrons. The van der Waals surface area contributed by atoms with E-state index in [0.29, 0.717) is 18.7 Å². The fourth-order valence-electron chi connectivity index (χ4n) is 4.62. The fraction of sp³-hybridized carbons (Fsp3) is 0.476. The van der Waals surface area contributed by atoms with Crippen molar-refractivity contribution < 1.29 is 9.18 Å².